The highest BCUT2D eigenvalue weighted by atomic mass is 15.4. The lowest BCUT2D eigenvalue weighted by molar-refractivity contribution is -0.744. The average Bonchev–Trinajstić information content (AvgIpc) is 2.95. The molecule has 2 aromatic heterocycles. The summed E-state index contributed by atoms with van der Waals surface area (Å²) < 4.78 is 6.56. The standard InChI is InChI=1S/C18H22N3/c1-13-11-15(3)17(16(4)12-13)20-10-7-14(2)18(20)21-9-6-8-19(21)5/h6-12H,1-5H3/q+1. The van der Waals surface area contributed by atoms with Crippen molar-refractivity contribution >= 4 is 0 Å². The Kier molecular flexibility index (Phi) is 3.20. The molecule has 1 aromatic carbocycles. The number of benzene rings is 1. The summed E-state index contributed by atoms with van der Waals surface area (Å²) in [4.78, 5) is 0. The lowest BCUT2D eigenvalue weighted by atomic mass is 10.1. The first-order valence-electron chi connectivity index (χ1n) is 7.29. The molecule has 0 saturated carbocycles. The first kappa shape index (κ1) is 13.7. The molecule has 0 saturated heterocycles. The molecule has 0 aliphatic rings. The molecule has 0 unspecified atom stereocenters. The van der Waals surface area contributed by atoms with Gasteiger partial charge in [-0.1, -0.05) is 17.7 Å². The van der Waals surface area contributed by atoms with Gasteiger partial charge in [-0.25, -0.2) is 0 Å². The van der Waals surface area contributed by atoms with Crippen LogP contribution in [0.4, 0.5) is 0 Å². The van der Waals surface area contributed by atoms with Gasteiger partial charge >= 0.3 is 0 Å². The van der Waals surface area contributed by atoms with Crippen LogP contribution in [-0.4, -0.2) is 9.25 Å². The van der Waals surface area contributed by atoms with E-state index in [2.05, 4.69) is 91.5 Å². The van der Waals surface area contributed by atoms with Crippen molar-refractivity contribution in [2.24, 2.45) is 7.05 Å². The number of rotatable bonds is 2. The van der Waals surface area contributed by atoms with Gasteiger partial charge in [-0.15, -0.1) is 9.36 Å². The van der Waals surface area contributed by atoms with Crippen LogP contribution in [0.5, 0.6) is 0 Å². The van der Waals surface area contributed by atoms with E-state index in [9.17, 15) is 0 Å². The molecule has 0 aliphatic heterocycles. The predicted molar refractivity (Wildman–Crippen MR) is 85.2 cm³/mol. The summed E-state index contributed by atoms with van der Waals surface area (Å²) in [6.45, 7) is 8.68. The van der Waals surface area contributed by atoms with Gasteiger partial charge in [-0.05, 0) is 50.5 Å². The Labute approximate surface area is 126 Å². The minimum absolute atomic E-state index is 1.19. The van der Waals surface area contributed by atoms with Gasteiger partial charge in [0.25, 0.3) is 0 Å². The summed E-state index contributed by atoms with van der Waals surface area (Å²) in [5, 5.41) is 0. The number of hydrogen-bond acceptors (Lipinski definition) is 0. The number of hydrogen-bond donors (Lipinski definition) is 0. The maximum Gasteiger partial charge on any atom is 0.195 e. The van der Waals surface area contributed by atoms with E-state index in [1.165, 1.54) is 33.8 Å². The van der Waals surface area contributed by atoms with Gasteiger partial charge in [0.2, 0.25) is 0 Å². The number of aromatic nitrogens is 3. The van der Waals surface area contributed by atoms with Gasteiger partial charge in [0, 0.05) is 12.3 Å². The van der Waals surface area contributed by atoms with Crippen LogP contribution >= 0.6 is 0 Å². The fourth-order valence-corrected chi connectivity index (χ4v) is 3.19. The van der Waals surface area contributed by atoms with Crippen molar-refractivity contribution in [3.05, 3.63) is 65.1 Å². The van der Waals surface area contributed by atoms with Crippen molar-refractivity contribution < 1.29 is 4.68 Å². The van der Waals surface area contributed by atoms with Gasteiger partial charge in [0.1, 0.15) is 0 Å². The molecule has 3 nitrogen and oxygen atoms in total. The molecule has 0 N–H and O–H groups in total. The summed E-state index contributed by atoms with van der Waals surface area (Å²) >= 11 is 0. The highest BCUT2D eigenvalue weighted by molar-refractivity contribution is 5.54. The molecular formula is C18H22N3+. The molecule has 0 spiro atoms. The predicted octanol–water partition coefficient (Wildman–Crippen LogP) is 3.33. The first-order chi connectivity index (χ1) is 9.99. The Morgan fingerprint density at radius 1 is 0.905 bits per heavy atom. The largest absolute Gasteiger partial charge is 0.298 e. The monoisotopic (exact) mass is 280 g/mol. The highest BCUT2D eigenvalue weighted by Crippen LogP contribution is 2.26. The average molecular weight is 280 g/mol. The molecule has 0 radical (unpaired) electrons. The van der Waals surface area contributed by atoms with E-state index in [0.717, 1.165) is 0 Å². The third kappa shape index (κ3) is 2.19. The molecule has 0 atom stereocenters. The van der Waals surface area contributed by atoms with E-state index in [-0.39, 0.29) is 0 Å². The molecule has 3 rings (SSSR count). The molecule has 3 aromatic rings. The normalized spacial score (nSPS) is 11.1. The summed E-state index contributed by atoms with van der Waals surface area (Å²) in [6, 6.07) is 8.73. The van der Waals surface area contributed by atoms with Crippen LogP contribution in [-0.2, 0) is 7.05 Å². The Morgan fingerprint density at radius 3 is 2.14 bits per heavy atom. The molecule has 2 heterocycles. The molecule has 3 heteroatoms. The van der Waals surface area contributed by atoms with E-state index < -0.39 is 0 Å². The highest BCUT2D eigenvalue weighted by Gasteiger charge is 2.17. The third-order valence-electron chi connectivity index (χ3n) is 4.02. The van der Waals surface area contributed by atoms with Gasteiger partial charge in [-0.2, -0.15) is 0 Å². The summed E-state index contributed by atoms with van der Waals surface area (Å²) in [6.07, 6.45) is 6.32. The topological polar surface area (TPSA) is 13.7 Å². The van der Waals surface area contributed by atoms with Crippen LogP contribution in [0, 0.1) is 27.7 Å². The zero-order valence-electron chi connectivity index (χ0n) is 13.4. The second-order valence-corrected chi connectivity index (χ2v) is 5.85. The maximum atomic E-state index is 2.29. The quantitative estimate of drug-likeness (QED) is 0.639. The molecular weight excluding hydrogens is 258 g/mol. The van der Waals surface area contributed by atoms with Gasteiger partial charge < -0.3 is 0 Å². The SMILES string of the molecule is Cc1cc(C)c(-n2ccc(C)c2-n2ccc[n+]2C)c(C)c1. The molecule has 0 bridgehead atoms. The van der Waals surface area contributed by atoms with Crippen molar-refractivity contribution in [1.82, 2.24) is 9.25 Å². The van der Waals surface area contributed by atoms with Gasteiger partial charge in [0.15, 0.2) is 19.1 Å². The Morgan fingerprint density at radius 2 is 1.57 bits per heavy atom. The van der Waals surface area contributed by atoms with E-state index in [1.807, 2.05) is 0 Å². The fraction of sp³-hybridized carbons (Fsp3) is 0.278. The fourth-order valence-electron chi connectivity index (χ4n) is 3.19. The minimum atomic E-state index is 1.19. The van der Waals surface area contributed by atoms with Crippen molar-refractivity contribution in [3.63, 3.8) is 0 Å². The van der Waals surface area contributed by atoms with Crippen LogP contribution in [0.1, 0.15) is 22.3 Å². The summed E-state index contributed by atoms with van der Waals surface area (Å²) in [5.74, 6) is 1.19. The van der Waals surface area contributed by atoms with Crippen LogP contribution in [0.15, 0.2) is 42.9 Å². The van der Waals surface area contributed by atoms with Crippen LogP contribution in [0.3, 0.4) is 0 Å². The Hall–Kier alpha value is -2.29. The maximum absolute atomic E-state index is 2.29. The Balaban J connectivity index is 2.29. The third-order valence-corrected chi connectivity index (χ3v) is 4.02. The molecule has 21 heavy (non-hydrogen) atoms. The van der Waals surface area contributed by atoms with Crippen molar-refractivity contribution in [2.75, 3.05) is 0 Å². The summed E-state index contributed by atoms with van der Waals surface area (Å²) in [5.41, 5.74) is 6.46. The molecule has 0 aliphatic carbocycles. The van der Waals surface area contributed by atoms with E-state index in [1.54, 1.807) is 0 Å². The van der Waals surface area contributed by atoms with Crippen molar-refractivity contribution in [1.29, 1.82) is 0 Å². The number of nitrogens with zero attached hydrogens (tertiary/aromatic N) is 3. The smallest absolute Gasteiger partial charge is 0.195 e. The zero-order chi connectivity index (χ0) is 15.1. The van der Waals surface area contributed by atoms with Gasteiger partial charge in [0.05, 0.1) is 11.9 Å². The first-order valence-corrected chi connectivity index (χ1v) is 7.29. The van der Waals surface area contributed by atoms with E-state index >= 15 is 0 Å². The molecule has 108 valence electrons. The lowest BCUT2D eigenvalue weighted by Crippen LogP contribution is -2.38. The summed E-state index contributed by atoms with van der Waals surface area (Å²) in [7, 11) is 2.06. The van der Waals surface area contributed by atoms with Crippen LogP contribution < -0.4 is 4.68 Å². The second-order valence-electron chi connectivity index (χ2n) is 5.85. The zero-order valence-corrected chi connectivity index (χ0v) is 13.4. The van der Waals surface area contributed by atoms with Crippen LogP contribution in [0.2, 0.25) is 0 Å². The van der Waals surface area contributed by atoms with E-state index in [0.29, 0.717) is 0 Å². The number of aryl methyl sites for hydroxylation is 5. The van der Waals surface area contributed by atoms with Crippen molar-refractivity contribution in [3.8, 4) is 11.5 Å². The van der Waals surface area contributed by atoms with E-state index in [4.69, 9.17) is 0 Å². The lowest BCUT2D eigenvalue weighted by Gasteiger charge is -2.16. The van der Waals surface area contributed by atoms with Crippen molar-refractivity contribution in [2.45, 2.75) is 27.7 Å². The Bertz CT molecular complexity index is 783. The second kappa shape index (κ2) is 4.92. The van der Waals surface area contributed by atoms with Crippen LogP contribution in [0.25, 0.3) is 11.5 Å². The molecule has 0 fully saturated rings. The molecule has 0 amide bonds. The van der Waals surface area contributed by atoms with Gasteiger partial charge in [-0.3, -0.25) is 4.57 Å². The minimum Gasteiger partial charge on any atom is -0.298 e.